The van der Waals surface area contributed by atoms with Gasteiger partial charge in [-0.05, 0) is 0 Å². The van der Waals surface area contributed by atoms with E-state index in [1.807, 2.05) is 60.7 Å². The van der Waals surface area contributed by atoms with Gasteiger partial charge in [0.25, 0.3) is 0 Å². The van der Waals surface area contributed by atoms with E-state index in [4.69, 9.17) is 9.57 Å². The summed E-state index contributed by atoms with van der Waals surface area (Å²) >= 11 is 0. The average Bonchev–Trinajstić information content (AvgIpc) is 3.37. The van der Waals surface area contributed by atoms with E-state index < -0.39 is 5.60 Å². The molecule has 0 atom stereocenters. The molecule has 0 saturated heterocycles. The summed E-state index contributed by atoms with van der Waals surface area (Å²) < 4.78 is 4.79. The van der Waals surface area contributed by atoms with Crippen molar-refractivity contribution < 1.29 is 14.4 Å². The molecule has 1 aliphatic rings. The van der Waals surface area contributed by atoms with Gasteiger partial charge < -0.3 is 9.57 Å². The summed E-state index contributed by atoms with van der Waals surface area (Å²) in [4.78, 5) is 17.3. The van der Waals surface area contributed by atoms with Gasteiger partial charge in [0.05, 0.1) is 7.11 Å². The lowest BCUT2D eigenvalue weighted by atomic mass is 10.0. The van der Waals surface area contributed by atoms with Crippen LogP contribution in [0.2, 0.25) is 0 Å². The molecule has 0 N–H and O–H groups in total. The second kappa shape index (κ2) is 6.02. The third-order valence-corrected chi connectivity index (χ3v) is 3.67. The van der Waals surface area contributed by atoms with Gasteiger partial charge in [0.1, 0.15) is 5.71 Å². The first-order chi connectivity index (χ1) is 10.7. The molecule has 0 heterocycles. The first-order valence-corrected chi connectivity index (χ1v) is 7.21. The van der Waals surface area contributed by atoms with Crippen molar-refractivity contribution in [1.29, 1.82) is 0 Å². The molecular formula is C18H17NO3. The summed E-state index contributed by atoms with van der Waals surface area (Å²) in [5.41, 5.74) is 1.68. The summed E-state index contributed by atoms with van der Waals surface area (Å²) in [5, 5.41) is 4.28. The molecule has 0 radical (unpaired) electrons. The number of nitrogens with zero attached hydrogens (tertiary/aromatic N) is 1. The van der Waals surface area contributed by atoms with E-state index >= 15 is 0 Å². The number of carbonyl (C=O) groups excluding carboxylic acids is 1. The van der Waals surface area contributed by atoms with Crippen LogP contribution >= 0.6 is 0 Å². The molecule has 0 spiro atoms. The number of rotatable bonds is 5. The van der Waals surface area contributed by atoms with Gasteiger partial charge in [-0.1, -0.05) is 65.8 Å². The lowest BCUT2D eigenvalue weighted by Gasteiger charge is -2.13. The van der Waals surface area contributed by atoms with E-state index in [0.717, 1.165) is 11.1 Å². The standard InChI is InChI=1S/C18H17NO3/c1-21-17(20)18(12-13-18)22-19-16(14-8-4-2-5-9-14)15-10-6-3-7-11-15/h2-11H,12-13H2,1H3. The number of ether oxygens (including phenoxy) is 1. The number of carbonyl (C=O) groups is 1. The highest BCUT2D eigenvalue weighted by Gasteiger charge is 2.55. The number of methoxy groups -OCH3 is 1. The lowest BCUT2D eigenvalue weighted by molar-refractivity contribution is -0.157. The van der Waals surface area contributed by atoms with Gasteiger partial charge in [0, 0.05) is 24.0 Å². The fourth-order valence-electron chi connectivity index (χ4n) is 2.23. The van der Waals surface area contributed by atoms with E-state index in [-0.39, 0.29) is 5.97 Å². The van der Waals surface area contributed by atoms with Gasteiger partial charge in [-0.2, -0.15) is 0 Å². The topological polar surface area (TPSA) is 47.9 Å². The van der Waals surface area contributed by atoms with Crippen LogP contribution in [0.5, 0.6) is 0 Å². The Hall–Kier alpha value is -2.62. The monoisotopic (exact) mass is 295 g/mol. The minimum absolute atomic E-state index is 0.364. The maximum Gasteiger partial charge on any atom is 0.353 e. The molecule has 0 aliphatic heterocycles. The van der Waals surface area contributed by atoms with Gasteiger partial charge in [-0.15, -0.1) is 0 Å². The Balaban J connectivity index is 1.93. The Kier molecular flexibility index (Phi) is 3.92. The van der Waals surface area contributed by atoms with Crippen LogP contribution in [0.15, 0.2) is 65.8 Å². The van der Waals surface area contributed by atoms with Crippen molar-refractivity contribution in [2.45, 2.75) is 18.4 Å². The van der Waals surface area contributed by atoms with Crippen molar-refractivity contribution in [3.63, 3.8) is 0 Å². The third kappa shape index (κ3) is 2.86. The predicted molar refractivity (Wildman–Crippen MR) is 83.6 cm³/mol. The quantitative estimate of drug-likeness (QED) is 0.483. The summed E-state index contributed by atoms with van der Waals surface area (Å²) in [5.74, 6) is -0.364. The number of benzene rings is 2. The SMILES string of the molecule is COC(=O)C1(ON=C(c2ccccc2)c2ccccc2)CC1. The molecule has 1 saturated carbocycles. The zero-order valence-corrected chi connectivity index (χ0v) is 12.4. The summed E-state index contributed by atoms with van der Waals surface area (Å²) in [6.45, 7) is 0. The Morgan fingerprint density at radius 2 is 1.45 bits per heavy atom. The molecule has 0 unspecified atom stereocenters. The van der Waals surface area contributed by atoms with Crippen LogP contribution < -0.4 is 0 Å². The van der Waals surface area contributed by atoms with Gasteiger partial charge in [0.2, 0.25) is 5.60 Å². The molecule has 1 fully saturated rings. The zero-order chi connectivity index (χ0) is 15.4. The Labute approximate surface area is 129 Å². The molecular weight excluding hydrogens is 278 g/mol. The molecule has 4 heteroatoms. The number of oxime groups is 1. The minimum Gasteiger partial charge on any atom is -0.466 e. The van der Waals surface area contributed by atoms with Gasteiger partial charge in [0.15, 0.2) is 0 Å². The fraction of sp³-hybridized carbons (Fsp3) is 0.222. The van der Waals surface area contributed by atoms with Crippen LogP contribution in [0, 0.1) is 0 Å². The average molecular weight is 295 g/mol. The van der Waals surface area contributed by atoms with Crippen LogP contribution in [0.3, 0.4) is 0 Å². The first-order valence-electron chi connectivity index (χ1n) is 7.21. The molecule has 3 rings (SSSR count). The fourth-order valence-corrected chi connectivity index (χ4v) is 2.23. The molecule has 22 heavy (non-hydrogen) atoms. The van der Waals surface area contributed by atoms with Gasteiger partial charge in [-0.25, -0.2) is 4.79 Å². The number of hydrogen-bond donors (Lipinski definition) is 0. The summed E-state index contributed by atoms with van der Waals surface area (Å²) in [7, 11) is 1.37. The molecule has 0 bridgehead atoms. The largest absolute Gasteiger partial charge is 0.466 e. The molecule has 0 amide bonds. The van der Waals surface area contributed by atoms with Gasteiger partial charge >= 0.3 is 5.97 Å². The number of esters is 1. The highest BCUT2D eigenvalue weighted by Crippen LogP contribution is 2.41. The second-order valence-corrected chi connectivity index (χ2v) is 5.25. The Morgan fingerprint density at radius 1 is 0.955 bits per heavy atom. The first kappa shape index (κ1) is 14.3. The van der Waals surface area contributed by atoms with Crippen molar-refractivity contribution in [3.05, 3.63) is 71.8 Å². The maximum atomic E-state index is 11.8. The van der Waals surface area contributed by atoms with Crippen molar-refractivity contribution in [2.24, 2.45) is 5.16 Å². The van der Waals surface area contributed by atoms with Crippen LogP contribution in [0.4, 0.5) is 0 Å². The van der Waals surface area contributed by atoms with E-state index in [2.05, 4.69) is 5.16 Å². The molecule has 112 valence electrons. The Bertz CT molecular complexity index is 634. The number of hydrogen-bond acceptors (Lipinski definition) is 4. The molecule has 4 nitrogen and oxygen atoms in total. The third-order valence-electron chi connectivity index (χ3n) is 3.67. The van der Waals surface area contributed by atoms with E-state index in [1.165, 1.54) is 7.11 Å². The van der Waals surface area contributed by atoms with Crippen molar-refractivity contribution in [2.75, 3.05) is 7.11 Å². The molecule has 0 aromatic heterocycles. The predicted octanol–water partition coefficient (Wildman–Crippen LogP) is 3.16. The summed E-state index contributed by atoms with van der Waals surface area (Å²) in [6.07, 6.45) is 1.28. The van der Waals surface area contributed by atoms with Crippen LogP contribution in [-0.4, -0.2) is 24.4 Å². The maximum absolute atomic E-state index is 11.8. The van der Waals surface area contributed by atoms with Crippen molar-refractivity contribution in [1.82, 2.24) is 0 Å². The van der Waals surface area contributed by atoms with Crippen molar-refractivity contribution in [3.8, 4) is 0 Å². The Morgan fingerprint density at radius 3 is 1.86 bits per heavy atom. The molecule has 2 aromatic rings. The highest BCUT2D eigenvalue weighted by atomic mass is 16.7. The highest BCUT2D eigenvalue weighted by molar-refractivity contribution is 6.12. The van der Waals surface area contributed by atoms with Crippen LogP contribution in [-0.2, 0) is 14.4 Å². The van der Waals surface area contributed by atoms with E-state index in [1.54, 1.807) is 0 Å². The van der Waals surface area contributed by atoms with Gasteiger partial charge in [-0.3, -0.25) is 0 Å². The minimum atomic E-state index is -0.899. The van der Waals surface area contributed by atoms with Crippen molar-refractivity contribution >= 4 is 11.7 Å². The van der Waals surface area contributed by atoms with Crippen LogP contribution in [0.25, 0.3) is 0 Å². The van der Waals surface area contributed by atoms with E-state index in [9.17, 15) is 4.79 Å². The zero-order valence-electron chi connectivity index (χ0n) is 12.4. The van der Waals surface area contributed by atoms with Crippen LogP contribution in [0.1, 0.15) is 24.0 Å². The molecule has 2 aromatic carbocycles. The second-order valence-electron chi connectivity index (χ2n) is 5.25. The molecule has 1 aliphatic carbocycles. The lowest BCUT2D eigenvalue weighted by Crippen LogP contribution is -2.26. The van der Waals surface area contributed by atoms with E-state index in [0.29, 0.717) is 18.6 Å². The smallest absolute Gasteiger partial charge is 0.353 e. The normalized spacial score (nSPS) is 14.8. The summed E-state index contributed by atoms with van der Waals surface area (Å²) in [6, 6.07) is 19.5.